The van der Waals surface area contributed by atoms with Gasteiger partial charge in [0.05, 0.1) is 16.2 Å². The number of hydrogen-bond acceptors (Lipinski definition) is 3. The number of pyridine rings is 1. The number of rotatable bonds is 2. The number of halogens is 1. The van der Waals surface area contributed by atoms with Crippen LogP contribution >= 0.6 is 11.6 Å². The van der Waals surface area contributed by atoms with Crippen LogP contribution in [0.3, 0.4) is 0 Å². The van der Waals surface area contributed by atoms with E-state index < -0.39 is 0 Å². The third kappa shape index (κ3) is 2.32. The molecule has 2 heterocycles. The Morgan fingerprint density at radius 2 is 1.88 bits per heavy atom. The molecule has 0 aliphatic rings. The fraction of sp³-hybridized carbons (Fsp3) is 0.0526. The zero-order valence-corrected chi connectivity index (χ0v) is 13.6. The molecule has 24 heavy (non-hydrogen) atoms. The number of carbonyl (C=O) groups excluding carboxylic acids is 1. The first-order valence-electron chi connectivity index (χ1n) is 7.48. The molecule has 0 atom stereocenters. The van der Waals surface area contributed by atoms with Gasteiger partial charge in [-0.3, -0.25) is 9.78 Å². The van der Waals surface area contributed by atoms with Gasteiger partial charge in [-0.25, -0.2) is 0 Å². The number of nitrogens with zero attached hydrogens (tertiary/aromatic N) is 1. The molecule has 0 fully saturated rings. The fourth-order valence-corrected chi connectivity index (χ4v) is 3.03. The molecule has 1 N–H and O–H groups in total. The summed E-state index contributed by atoms with van der Waals surface area (Å²) in [5.74, 6) is -0.0462. The summed E-state index contributed by atoms with van der Waals surface area (Å²) < 4.78 is 5.72. The van der Waals surface area contributed by atoms with Crippen LogP contribution in [-0.4, -0.2) is 10.9 Å². The zero-order valence-electron chi connectivity index (χ0n) is 12.8. The topological polar surface area (TPSA) is 55.1 Å². The van der Waals surface area contributed by atoms with Gasteiger partial charge in [-0.05, 0) is 37.3 Å². The number of para-hydroxylation sites is 1. The van der Waals surface area contributed by atoms with Gasteiger partial charge in [0.2, 0.25) is 0 Å². The predicted molar refractivity (Wildman–Crippen MR) is 95.7 cm³/mol. The summed E-state index contributed by atoms with van der Waals surface area (Å²) in [7, 11) is 0. The molecule has 0 unspecified atom stereocenters. The molecular formula is C19H13ClN2O2. The van der Waals surface area contributed by atoms with E-state index in [0.29, 0.717) is 16.3 Å². The number of fused-ring (bicyclic) bond motifs is 2. The summed E-state index contributed by atoms with van der Waals surface area (Å²) in [5, 5.41) is 5.11. The Labute approximate surface area is 143 Å². The molecule has 5 heteroatoms. The molecule has 4 aromatic rings. The van der Waals surface area contributed by atoms with Gasteiger partial charge >= 0.3 is 0 Å². The highest BCUT2D eigenvalue weighted by Crippen LogP contribution is 2.31. The van der Waals surface area contributed by atoms with Crippen LogP contribution < -0.4 is 5.32 Å². The van der Waals surface area contributed by atoms with Crippen LogP contribution in [0.2, 0.25) is 5.02 Å². The highest BCUT2D eigenvalue weighted by molar-refractivity contribution is 6.35. The Morgan fingerprint density at radius 1 is 1.08 bits per heavy atom. The first-order chi connectivity index (χ1) is 11.6. The third-order valence-corrected chi connectivity index (χ3v) is 4.31. The van der Waals surface area contributed by atoms with E-state index in [0.717, 1.165) is 21.9 Å². The molecule has 4 rings (SSSR count). The SMILES string of the molecule is Cc1c(C(=O)Nc2cccc3ncccc23)oc2c(Cl)cccc12. The highest BCUT2D eigenvalue weighted by Gasteiger charge is 2.19. The van der Waals surface area contributed by atoms with E-state index >= 15 is 0 Å². The number of furan rings is 1. The maximum Gasteiger partial charge on any atom is 0.291 e. The molecule has 4 nitrogen and oxygen atoms in total. The second-order valence-electron chi connectivity index (χ2n) is 5.50. The van der Waals surface area contributed by atoms with Crippen molar-refractivity contribution in [1.29, 1.82) is 0 Å². The zero-order chi connectivity index (χ0) is 16.7. The molecule has 0 spiro atoms. The maximum atomic E-state index is 12.7. The molecule has 1 amide bonds. The monoisotopic (exact) mass is 336 g/mol. The molecule has 0 aliphatic carbocycles. The Bertz CT molecular complexity index is 1080. The van der Waals surface area contributed by atoms with Crippen LogP contribution in [0, 0.1) is 6.92 Å². The largest absolute Gasteiger partial charge is 0.449 e. The maximum absolute atomic E-state index is 12.7. The number of aryl methyl sites for hydroxylation is 1. The minimum atomic E-state index is -0.309. The number of amides is 1. The minimum Gasteiger partial charge on any atom is -0.449 e. The van der Waals surface area contributed by atoms with Crippen molar-refractivity contribution in [3.63, 3.8) is 0 Å². The molecular weight excluding hydrogens is 324 g/mol. The number of aromatic nitrogens is 1. The molecule has 0 saturated carbocycles. The number of anilines is 1. The molecule has 0 aliphatic heterocycles. The predicted octanol–water partition coefficient (Wildman–Crippen LogP) is 5.20. The minimum absolute atomic E-state index is 0.263. The van der Waals surface area contributed by atoms with Gasteiger partial charge in [0.1, 0.15) is 0 Å². The summed E-state index contributed by atoms with van der Waals surface area (Å²) in [6.07, 6.45) is 1.72. The Kier molecular flexibility index (Phi) is 3.47. The van der Waals surface area contributed by atoms with E-state index in [1.807, 2.05) is 49.4 Å². The normalized spacial score (nSPS) is 11.1. The fourth-order valence-electron chi connectivity index (χ4n) is 2.82. The van der Waals surface area contributed by atoms with E-state index in [1.54, 1.807) is 12.3 Å². The number of hydrogen-bond donors (Lipinski definition) is 1. The van der Waals surface area contributed by atoms with Crippen molar-refractivity contribution < 1.29 is 9.21 Å². The van der Waals surface area contributed by atoms with E-state index in [1.165, 1.54) is 0 Å². The first kappa shape index (κ1) is 14.7. The van der Waals surface area contributed by atoms with Gasteiger partial charge in [0.25, 0.3) is 5.91 Å². The van der Waals surface area contributed by atoms with Gasteiger partial charge in [-0.1, -0.05) is 29.8 Å². The van der Waals surface area contributed by atoms with Crippen molar-refractivity contribution in [3.8, 4) is 0 Å². The standard InChI is InChI=1S/C19H13ClN2O2/c1-11-12-5-2-7-14(20)18(12)24-17(11)19(23)22-16-9-3-8-15-13(16)6-4-10-21-15/h2-10H,1H3,(H,22,23). The van der Waals surface area contributed by atoms with Crippen LogP contribution in [0.15, 0.2) is 59.1 Å². The second-order valence-corrected chi connectivity index (χ2v) is 5.91. The van der Waals surface area contributed by atoms with Crippen LogP contribution in [0.4, 0.5) is 5.69 Å². The quantitative estimate of drug-likeness (QED) is 0.547. The van der Waals surface area contributed by atoms with Crippen molar-refractivity contribution in [1.82, 2.24) is 4.98 Å². The van der Waals surface area contributed by atoms with E-state index in [9.17, 15) is 4.79 Å². The smallest absolute Gasteiger partial charge is 0.291 e. The van der Waals surface area contributed by atoms with Crippen LogP contribution in [0.1, 0.15) is 16.1 Å². The van der Waals surface area contributed by atoms with E-state index in [-0.39, 0.29) is 11.7 Å². The van der Waals surface area contributed by atoms with E-state index in [4.69, 9.17) is 16.0 Å². The lowest BCUT2D eigenvalue weighted by Crippen LogP contribution is -2.12. The average Bonchev–Trinajstić information content (AvgIpc) is 2.94. The third-order valence-electron chi connectivity index (χ3n) is 4.02. The lowest BCUT2D eigenvalue weighted by molar-refractivity contribution is 0.0998. The lowest BCUT2D eigenvalue weighted by Gasteiger charge is -2.07. The number of carbonyl (C=O) groups is 1. The van der Waals surface area contributed by atoms with Crippen LogP contribution in [-0.2, 0) is 0 Å². The second kappa shape index (κ2) is 5.65. The Balaban J connectivity index is 1.77. The molecule has 0 bridgehead atoms. The summed E-state index contributed by atoms with van der Waals surface area (Å²) in [6, 6.07) is 14.8. The molecule has 0 saturated heterocycles. The number of benzene rings is 2. The van der Waals surface area contributed by atoms with Gasteiger partial charge in [0, 0.05) is 22.5 Å². The van der Waals surface area contributed by atoms with Crippen molar-refractivity contribution >= 4 is 45.1 Å². The molecule has 2 aromatic heterocycles. The van der Waals surface area contributed by atoms with Gasteiger partial charge in [-0.2, -0.15) is 0 Å². The molecule has 0 radical (unpaired) electrons. The van der Waals surface area contributed by atoms with Crippen molar-refractivity contribution in [2.75, 3.05) is 5.32 Å². The molecule has 118 valence electrons. The lowest BCUT2D eigenvalue weighted by atomic mass is 10.1. The van der Waals surface area contributed by atoms with Gasteiger partial charge < -0.3 is 9.73 Å². The van der Waals surface area contributed by atoms with Crippen LogP contribution in [0.5, 0.6) is 0 Å². The first-order valence-corrected chi connectivity index (χ1v) is 7.85. The average molecular weight is 337 g/mol. The Morgan fingerprint density at radius 3 is 2.71 bits per heavy atom. The van der Waals surface area contributed by atoms with Crippen molar-refractivity contribution in [2.24, 2.45) is 0 Å². The summed E-state index contributed by atoms with van der Waals surface area (Å²) in [5.41, 5.74) is 2.81. The number of nitrogens with one attached hydrogen (secondary N) is 1. The Hall–Kier alpha value is -2.85. The summed E-state index contributed by atoms with van der Waals surface area (Å²) >= 11 is 6.15. The summed E-state index contributed by atoms with van der Waals surface area (Å²) in [6.45, 7) is 1.85. The van der Waals surface area contributed by atoms with Crippen molar-refractivity contribution in [2.45, 2.75) is 6.92 Å². The highest BCUT2D eigenvalue weighted by atomic mass is 35.5. The van der Waals surface area contributed by atoms with E-state index in [2.05, 4.69) is 10.3 Å². The summed E-state index contributed by atoms with van der Waals surface area (Å²) in [4.78, 5) is 17.0. The van der Waals surface area contributed by atoms with Crippen LogP contribution in [0.25, 0.3) is 21.9 Å². The molecule has 2 aromatic carbocycles. The van der Waals surface area contributed by atoms with Gasteiger partial charge in [-0.15, -0.1) is 0 Å². The van der Waals surface area contributed by atoms with Gasteiger partial charge in [0.15, 0.2) is 11.3 Å². The van der Waals surface area contributed by atoms with Crippen molar-refractivity contribution in [3.05, 3.63) is 71.1 Å².